The van der Waals surface area contributed by atoms with Gasteiger partial charge in [-0.2, -0.15) is 0 Å². The highest BCUT2D eigenvalue weighted by molar-refractivity contribution is 5.89. The maximum atomic E-state index is 12.6. The van der Waals surface area contributed by atoms with E-state index in [0.717, 1.165) is 12.8 Å². The highest BCUT2D eigenvalue weighted by Crippen LogP contribution is 2.06. The van der Waals surface area contributed by atoms with Crippen LogP contribution in [0.2, 0.25) is 0 Å². The van der Waals surface area contributed by atoms with Crippen molar-refractivity contribution in [3.63, 3.8) is 0 Å². The van der Waals surface area contributed by atoms with E-state index < -0.39 is 5.97 Å². The Morgan fingerprint density at radius 3 is 2.61 bits per heavy atom. The lowest BCUT2D eigenvalue weighted by molar-refractivity contribution is 0.0662. The van der Waals surface area contributed by atoms with Crippen molar-refractivity contribution in [2.24, 2.45) is 0 Å². The van der Waals surface area contributed by atoms with Gasteiger partial charge in [-0.1, -0.05) is 26.2 Å². The van der Waals surface area contributed by atoms with Crippen molar-refractivity contribution in [3.05, 3.63) is 48.0 Å². The minimum Gasteiger partial charge on any atom is -0.431 e. The molecule has 0 aliphatic rings. The second-order valence-electron chi connectivity index (χ2n) is 4.13. The molecule has 0 saturated heterocycles. The first-order valence-electron chi connectivity index (χ1n) is 6.35. The summed E-state index contributed by atoms with van der Waals surface area (Å²) in [4.78, 5) is 11.5. The normalized spacial score (nSPS) is 10.8. The Morgan fingerprint density at radius 2 is 1.94 bits per heavy atom. The fraction of sp³-hybridized carbons (Fsp3) is 0.400. The number of hydrogen-bond acceptors (Lipinski definition) is 2. The summed E-state index contributed by atoms with van der Waals surface area (Å²) < 4.78 is 17.6. The summed E-state index contributed by atoms with van der Waals surface area (Å²) >= 11 is 0. The van der Waals surface area contributed by atoms with Gasteiger partial charge in [0.2, 0.25) is 0 Å². The third-order valence-electron chi connectivity index (χ3n) is 2.58. The van der Waals surface area contributed by atoms with E-state index in [1.165, 1.54) is 49.8 Å². The monoisotopic (exact) mass is 250 g/mol. The summed E-state index contributed by atoms with van der Waals surface area (Å²) in [5.74, 6) is -0.821. The Hall–Kier alpha value is -1.64. The van der Waals surface area contributed by atoms with E-state index in [-0.39, 0.29) is 5.82 Å². The quantitative estimate of drug-likeness (QED) is 0.405. The highest BCUT2D eigenvalue weighted by Gasteiger charge is 2.04. The first-order valence-corrected chi connectivity index (χ1v) is 6.35. The largest absolute Gasteiger partial charge is 0.431 e. The molecule has 1 aromatic carbocycles. The maximum absolute atomic E-state index is 12.6. The zero-order valence-corrected chi connectivity index (χ0v) is 10.7. The lowest BCUT2D eigenvalue weighted by Crippen LogP contribution is -2.00. The number of allylic oxidation sites excluding steroid dienone is 1. The average Bonchev–Trinajstić information content (AvgIpc) is 2.38. The first kappa shape index (κ1) is 14.4. The Labute approximate surface area is 107 Å². The molecule has 0 aliphatic carbocycles. The van der Waals surface area contributed by atoms with E-state index in [2.05, 4.69) is 6.92 Å². The summed E-state index contributed by atoms with van der Waals surface area (Å²) in [6.07, 6.45) is 8.93. The van der Waals surface area contributed by atoms with Crippen molar-refractivity contribution < 1.29 is 13.9 Å². The molecule has 0 amide bonds. The van der Waals surface area contributed by atoms with Crippen LogP contribution >= 0.6 is 0 Å². The summed E-state index contributed by atoms with van der Waals surface area (Å²) in [5, 5.41) is 0. The molecule has 0 aromatic heterocycles. The molecule has 98 valence electrons. The predicted octanol–water partition coefficient (Wildman–Crippen LogP) is 4.47. The van der Waals surface area contributed by atoms with Gasteiger partial charge in [0.05, 0.1) is 11.8 Å². The Kier molecular flexibility index (Phi) is 6.77. The Morgan fingerprint density at radius 1 is 1.22 bits per heavy atom. The van der Waals surface area contributed by atoms with Crippen molar-refractivity contribution in [1.82, 2.24) is 0 Å². The van der Waals surface area contributed by atoms with Crippen LogP contribution in [0.3, 0.4) is 0 Å². The first-order chi connectivity index (χ1) is 8.74. The number of hydrogen-bond donors (Lipinski definition) is 0. The number of carbonyl (C=O) groups excluding carboxylic acids is 1. The zero-order chi connectivity index (χ0) is 13.2. The summed E-state index contributed by atoms with van der Waals surface area (Å²) in [5.41, 5.74) is 0.354. The van der Waals surface area contributed by atoms with Gasteiger partial charge in [-0.05, 0) is 43.2 Å². The molecule has 0 saturated carbocycles. The van der Waals surface area contributed by atoms with Crippen LogP contribution < -0.4 is 0 Å². The van der Waals surface area contributed by atoms with Crippen LogP contribution in [0.4, 0.5) is 4.39 Å². The van der Waals surface area contributed by atoms with E-state index in [1.54, 1.807) is 0 Å². The minimum absolute atomic E-state index is 0.354. The summed E-state index contributed by atoms with van der Waals surface area (Å²) in [6, 6.07) is 5.30. The van der Waals surface area contributed by atoms with Crippen LogP contribution in [0.5, 0.6) is 0 Å². The molecule has 0 N–H and O–H groups in total. The van der Waals surface area contributed by atoms with Crippen molar-refractivity contribution >= 4 is 5.97 Å². The number of rotatable bonds is 7. The van der Waals surface area contributed by atoms with E-state index in [0.29, 0.717) is 5.56 Å². The fourth-order valence-corrected chi connectivity index (χ4v) is 1.52. The van der Waals surface area contributed by atoms with Crippen molar-refractivity contribution in [1.29, 1.82) is 0 Å². The molecular weight excluding hydrogens is 231 g/mol. The van der Waals surface area contributed by atoms with Crippen LogP contribution in [0, 0.1) is 5.82 Å². The van der Waals surface area contributed by atoms with Crippen LogP contribution in [0.25, 0.3) is 0 Å². The topological polar surface area (TPSA) is 26.3 Å². The SMILES string of the molecule is CCCCCC/C=C\OC(=O)c1ccc(F)cc1. The van der Waals surface area contributed by atoms with E-state index in [9.17, 15) is 9.18 Å². The second kappa shape index (κ2) is 8.45. The molecular formula is C15H19FO2. The maximum Gasteiger partial charge on any atom is 0.342 e. The molecule has 0 bridgehead atoms. The van der Waals surface area contributed by atoms with E-state index in [4.69, 9.17) is 4.74 Å². The van der Waals surface area contributed by atoms with Gasteiger partial charge < -0.3 is 4.74 Å². The highest BCUT2D eigenvalue weighted by atomic mass is 19.1. The number of benzene rings is 1. The minimum atomic E-state index is -0.459. The lowest BCUT2D eigenvalue weighted by atomic mass is 10.1. The number of halogens is 1. The van der Waals surface area contributed by atoms with Gasteiger partial charge in [0, 0.05) is 0 Å². The number of unbranched alkanes of at least 4 members (excludes halogenated alkanes) is 4. The molecule has 0 unspecified atom stereocenters. The average molecular weight is 250 g/mol. The van der Waals surface area contributed by atoms with Crippen LogP contribution in [-0.2, 0) is 4.74 Å². The van der Waals surface area contributed by atoms with E-state index in [1.807, 2.05) is 6.08 Å². The smallest absolute Gasteiger partial charge is 0.342 e. The van der Waals surface area contributed by atoms with Gasteiger partial charge in [-0.15, -0.1) is 0 Å². The zero-order valence-electron chi connectivity index (χ0n) is 10.7. The number of esters is 1. The third kappa shape index (κ3) is 5.62. The van der Waals surface area contributed by atoms with Gasteiger partial charge in [-0.25, -0.2) is 9.18 Å². The lowest BCUT2D eigenvalue weighted by Gasteiger charge is -1.99. The molecule has 0 heterocycles. The second-order valence-corrected chi connectivity index (χ2v) is 4.13. The number of ether oxygens (including phenoxy) is 1. The summed E-state index contributed by atoms with van der Waals surface area (Å²) in [7, 11) is 0. The van der Waals surface area contributed by atoms with Crippen LogP contribution in [0.1, 0.15) is 49.4 Å². The van der Waals surface area contributed by atoms with Crippen molar-refractivity contribution in [2.45, 2.75) is 39.0 Å². The molecule has 18 heavy (non-hydrogen) atoms. The molecule has 0 fully saturated rings. The summed E-state index contributed by atoms with van der Waals surface area (Å²) in [6.45, 7) is 2.17. The fourth-order valence-electron chi connectivity index (χ4n) is 1.52. The van der Waals surface area contributed by atoms with Crippen molar-refractivity contribution in [2.75, 3.05) is 0 Å². The molecule has 3 heteroatoms. The van der Waals surface area contributed by atoms with Gasteiger partial charge in [0.25, 0.3) is 0 Å². The third-order valence-corrected chi connectivity index (χ3v) is 2.58. The molecule has 0 spiro atoms. The van der Waals surface area contributed by atoms with Crippen molar-refractivity contribution in [3.8, 4) is 0 Å². The molecule has 1 rings (SSSR count). The standard InChI is InChI=1S/C15H19FO2/c1-2-3-4-5-6-7-12-18-15(17)13-8-10-14(16)11-9-13/h7-12H,2-6H2,1H3/b12-7-. The molecule has 1 aromatic rings. The predicted molar refractivity (Wildman–Crippen MR) is 69.7 cm³/mol. The van der Waals surface area contributed by atoms with Gasteiger partial charge >= 0.3 is 5.97 Å². The van der Waals surface area contributed by atoms with Crippen LogP contribution in [-0.4, -0.2) is 5.97 Å². The van der Waals surface area contributed by atoms with Gasteiger partial charge in [-0.3, -0.25) is 0 Å². The van der Waals surface area contributed by atoms with Gasteiger partial charge in [0.1, 0.15) is 5.82 Å². The van der Waals surface area contributed by atoms with E-state index >= 15 is 0 Å². The van der Waals surface area contributed by atoms with Crippen LogP contribution in [0.15, 0.2) is 36.6 Å². The Balaban J connectivity index is 2.24. The van der Waals surface area contributed by atoms with Gasteiger partial charge in [0.15, 0.2) is 0 Å². The Bertz CT molecular complexity index is 382. The molecule has 0 atom stereocenters. The molecule has 0 aliphatic heterocycles. The molecule has 2 nitrogen and oxygen atoms in total. The molecule has 0 radical (unpaired) electrons. The number of carbonyl (C=O) groups is 1.